The zero-order valence-electron chi connectivity index (χ0n) is 23.2. The molecule has 0 fully saturated rings. The molecule has 3 rings (SSSR count). The van der Waals surface area contributed by atoms with Crippen LogP contribution in [-0.4, -0.2) is 44.3 Å². The fourth-order valence-corrected chi connectivity index (χ4v) is 6.26. The van der Waals surface area contributed by atoms with Crippen molar-refractivity contribution in [3.05, 3.63) is 92.9 Å². The van der Waals surface area contributed by atoms with Crippen molar-refractivity contribution >= 4 is 55.1 Å². The third-order valence-corrected chi connectivity index (χ3v) is 9.31. The third-order valence-electron chi connectivity index (χ3n) is 6.63. The van der Waals surface area contributed by atoms with Gasteiger partial charge in [0.25, 0.3) is 10.0 Å². The number of nitrogens with zero attached hydrogens (tertiary/aromatic N) is 2. The maximum atomic E-state index is 14.0. The molecule has 2 amide bonds. The second kappa shape index (κ2) is 14.1. The lowest BCUT2D eigenvalue weighted by Crippen LogP contribution is -2.51. The molecule has 1 atom stereocenters. The smallest absolute Gasteiger partial charge is 0.264 e. The Morgan fingerprint density at radius 2 is 1.70 bits per heavy atom. The van der Waals surface area contributed by atoms with Gasteiger partial charge in [-0.05, 0) is 74.7 Å². The van der Waals surface area contributed by atoms with Gasteiger partial charge in [0.05, 0.1) is 10.6 Å². The first-order valence-corrected chi connectivity index (χ1v) is 15.7. The molecule has 214 valence electrons. The van der Waals surface area contributed by atoms with Gasteiger partial charge >= 0.3 is 0 Å². The van der Waals surface area contributed by atoms with Crippen molar-refractivity contribution in [2.75, 3.05) is 17.4 Å². The topological polar surface area (TPSA) is 86.8 Å². The lowest BCUT2D eigenvalue weighted by molar-refractivity contribution is -0.139. The average molecular weight is 649 g/mol. The van der Waals surface area contributed by atoms with Crippen LogP contribution >= 0.6 is 27.5 Å². The number of hydrogen-bond donors (Lipinski definition) is 1. The number of anilines is 1. The van der Waals surface area contributed by atoms with Crippen LogP contribution in [0.4, 0.5) is 5.69 Å². The number of carbonyl (C=O) groups excluding carboxylic acids is 2. The minimum Gasteiger partial charge on any atom is -0.354 e. The fourth-order valence-electron chi connectivity index (χ4n) is 4.17. The van der Waals surface area contributed by atoms with Gasteiger partial charge in [0.2, 0.25) is 11.8 Å². The van der Waals surface area contributed by atoms with E-state index in [1.165, 1.54) is 17.0 Å². The monoisotopic (exact) mass is 647 g/mol. The van der Waals surface area contributed by atoms with Crippen LogP contribution in [0, 0.1) is 13.8 Å². The van der Waals surface area contributed by atoms with E-state index in [9.17, 15) is 18.0 Å². The minimum absolute atomic E-state index is 0.0502. The first kappa shape index (κ1) is 31.6. The molecule has 0 bridgehead atoms. The van der Waals surface area contributed by atoms with Gasteiger partial charge in [0.1, 0.15) is 12.6 Å². The van der Waals surface area contributed by atoms with E-state index >= 15 is 0 Å². The third kappa shape index (κ3) is 7.86. The summed E-state index contributed by atoms with van der Waals surface area (Å²) in [4.78, 5) is 28.5. The summed E-state index contributed by atoms with van der Waals surface area (Å²) in [5.74, 6) is -0.822. The SMILES string of the molecule is CCCCNC(=O)[C@H](C)N(Cc1cccc(Br)c1)C(=O)CN(c1cccc(Cl)c1C)S(=O)(=O)c1ccc(C)cc1. The molecule has 10 heteroatoms. The van der Waals surface area contributed by atoms with E-state index in [1.807, 2.05) is 38.1 Å². The highest BCUT2D eigenvalue weighted by molar-refractivity contribution is 9.10. The zero-order chi connectivity index (χ0) is 29.4. The Morgan fingerprint density at radius 3 is 2.35 bits per heavy atom. The van der Waals surface area contributed by atoms with E-state index in [1.54, 1.807) is 44.2 Å². The number of hydrogen-bond acceptors (Lipinski definition) is 4. The predicted molar refractivity (Wildman–Crippen MR) is 164 cm³/mol. The van der Waals surface area contributed by atoms with Gasteiger partial charge in [0, 0.05) is 22.6 Å². The number of carbonyl (C=O) groups is 2. The van der Waals surface area contributed by atoms with Gasteiger partial charge in [-0.1, -0.05) is 76.8 Å². The van der Waals surface area contributed by atoms with Crippen molar-refractivity contribution in [3.63, 3.8) is 0 Å². The van der Waals surface area contributed by atoms with Crippen LogP contribution in [0.15, 0.2) is 76.1 Å². The summed E-state index contributed by atoms with van der Waals surface area (Å²) in [7, 11) is -4.16. The highest BCUT2D eigenvalue weighted by Crippen LogP contribution is 2.31. The van der Waals surface area contributed by atoms with Crippen LogP contribution in [0.3, 0.4) is 0 Å². The Balaban J connectivity index is 2.04. The van der Waals surface area contributed by atoms with Gasteiger partial charge in [-0.15, -0.1) is 0 Å². The Kier molecular flexibility index (Phi) is 11.2. The zero-order valence-corrected chi connectivity index (χ0v) is 26.3. The molecule has 0 aliphatic heterocycles. The molecule has 0 saturated heterocycles. The summed E-state index contributed by atoms with van der Waals surface area (Å²) in [5, 5.41) is 3.27. The van der Waals surface area contributed by atoms with Crippen molar-refractivity contribution in [1.82, 2.24) is 10.2 Å². The van der Waals surface area contributed by atoms with Crippen molar-refractivity contribution in [1.29, 1.82) is 0 Å². The van der Waals surface area contributed by atoms with Crippen LogP contribution in [0.2, 0.25) is 5.02 Å². The number of benzene rings is 3. The molecule has 0 unspecified atom stereocenters. The number of amides is 2. The summed E-state index contributed by atoms with van der Waals surface area (Å²) in [6.07, 6.45) is 1.73. The molecule has 0 radical (unpaired) electrons. The average Bonchev–Trinajstić information content (AvgIpc) is 2.92. The number of nitrogens with one attached hydrogen (secondary N) is 1. The molecule has 3 aromatic rings. The Morgan fingerprint density at radius 1 is 1.02 bits per heavy atom. The molecule has 0 spiro atoms. The molecule has 7 nitrogen and oxygen atoms in total. The first-order chi connectivity index (χ1) is 18.9. The van der Waals surface area contributed by atoms with Gasteiger partial charge in [-0.2, -0.15) is 0 Å². The van der Waals surface area contributed by atoms with Gasteiger partial charge in [-0.25, -0.2) is 8.42 Å². The summed E-state index contributed by atoms with van der Waals surface area (Å²) >= 11 is 9.83. The Bertz CT molecular complexity index is 1450. The molecule has 0 aliphatic carbocycles. The van der Waals surface area contributed by atoms with Gasteiger partial charge in [0.15, 0.2) is 0 Å². The van der Waals surface area contributed by atoms with Crippen molar-refractivity contribution in [3.8, 4) is 0 Å². The maximum Gasteiger partial charge on any atom is 0.264 e. The molecule has 0 saturated carbocycles. The van der Waals surface area contributed by atoms with Gasteiger partial charge < -0.3 is 10.2 Å². The first-order valence-electron chi connectivity index (χ1n) is 13.1. The molecular weight excluding hydrogens is 614 g/mol. The Hall–Kier alpha value is -2.88. The van der Waals surface area contributed by atoms with E-state index < -0.39 is 28.5 Å². The van der Waals surface area contributed by atoms with Gasteiger partial charge in [-0.3, -0.25) is 13.9 Å². The highest BCUT2D eigenvalue weighted by atomic mass is 79.9. The highest BCUT2D eigenvalue weighted by Gasteiger charge is 2.33. The van der Waals surface area contributed by atoms with Crippen LogP contribution in [0.1, 0.15) is 43.4 Å². The van der Waals surface area contributed by atoms with E-state index in [0.29, 0.717) is 22.8 Å². The van der Waals surface area contributed by atoms with Crippen LogP contribution in [0.25, 0.3) is 0 Å². The standard InChI is InChI=1S/C30H35BrClN3O4S/c1-5-6-17-33-30(37)23(4)34(19-24-9-7-10-25(31)18-24)29(36)20-35(28-12-8-11-27(32)22(28)3)40(38,39)26-15-13-21(2)14-16-26/h7-16,18,23H,5-6,17,19-20H2,1-4H3,(H,33,37)/t23-/m0/s1. The number of rotatable bonds is 12. The van der Waals surface area contributed by atoms with Crippen molar-refractivity contribution in [2.24, 2.45) is 0 Å². The van der Waals surface area contributed by atoms with Crippen LogP contribution < -0.4 is 9.62 Å². The van der Waals surface area contributed by atoms with Crippen molar-refractivity contribution in [2.45, 2.75) is 58.0 Å². The number of halogens is 2. The molecular formula is C30H35BrClN3O4S. The second-order valence-electron chi connectivity index (χ2n) is 9.68. The fraction of sp³-hybridized carbons (Fsp3) is 0.333. The lowest BCUT2D eigenvalue weighted by atomic mass is 10.1. The summed E-state index contributed by atoms with van der Waals surface area (Å²) in [5.41, 5.74) is 2.52. The molecule has 3 aromatic carbocycles. The molecule has 1 N–H and O–H groups in total. The molecule has 0 aliphatic rings. The lowest BCUT2D eigenvalue weighted by Gasteiger charge is -2.32. The molecule has 0 heterocycles. The van der Waals surface area contributed by atoms with Crippen LogP contribution in [-0.2, 0) is 26.2 Å². The minimum atomic E-state index is -4.16. The maximum absolute atomic E-state index is 14.0. The Labute approximate surface area is 250 Å². The molecule has 0 aromatic heterocycles. The van der Waals surface area contributed by atoms with E-state index in [2.05, 4.69) is 21.2 Å². The van der Waals surface area contributed by atoms with Crippen LogP contribution in [0.5, 0.6) is 0 Å². The summed E-state index contributed by atoms with van der Waals surface area (Å²) in [6.45, 7) is 7.36. The van der Waals surface area contributed by atoms with E-state index in [4.69, 9.17) is 11.6 Å². The summed E-state index contributed by atoms with van der Waals surface area (Å²) < 4.78 is 29.9. The quantitative estimate of drug-likeness (QED) is 0.235. The van der Waals surface area contributed by atoms with E-state index in [0.717, 1.165) is 32.7 Å². The molecule has 40 heavy (non-hydrogen) atoms. The normalized spacial score (nSPS) is 12.1. The largest absolute Gasteiger partial charge is 0.354 e. The van der Waals surface area contributed by atoms with Crippen molar-refractivity contribution < 1.29 is 18.0 Å². The predicted octanol–water partition coefficient (Wildman–Crippen LogP) is 6.25. The second-order valence-corrected chi connectivity index (χ2v) is 12.9. The van der Waals surface area contributed by atoms with E-state index in [-0.39, 0.29) is 17.3 Å². The number of sulfonamides is 1. The number of unbranched alkanes of at least 4 members (excludes halogenated alkanes) is 1. The number of aryl methyl sites for hydroxylation is 1. The summed E-state index contributed by atoms with van der Waals surface area (Å²) in [6, 6.07) is 18.0.